The molecule has 1 aliphatic rings. The number of carbonyl (C=O) groups is 1. The van der Waals surface area contributed by atoms with Gasteiger partial charge in [0.2, 0.25) is 5.88 Å². The normalized spacial score (nSPS) is 15.3. The van der Waals surface area contributed by atoms with Gasteiger partial charge in [-0.05, 0) is 18.8 Å². The number of ether oxygens (including phenoxy) is 2. The van der Waals surface area contributed by atoms with Crippen molar-refractivity contribution in [3.05, 3.63) is 41.7 Å². The summed E-state index contributed by atoms with van der Waals surface area (Å²) in [6, 6.07) is 0. The van der Waals surface area contributed by atoms with Crippen molar-refractivity contribution < 1.29 is 18.8 Å². The molecule has 4 heterocycles. The lowest BCUT2D eigenvalue weighted by atomic mass is 9.92. The van der Waals surface area contributed by atoms with Crippen LogP contribution in [0.5, 0.6) is 5.88 Å². The van der Waals surface area contributed by atoms with Gasteiger partial charge in [0.05, 0.1) is 36.5 Å². The second-order valence-corrected chi connectivity index (χ2v) is 6.18. The molecule has 0 N–H and O–H groups in total. The highest BCUT2D eigenvalue weighted by Gasteiger charge is 2.22. The van der Waals surface area contributed by atoms with E-state index in [4.69, 9.17) is 14.0 Å². The van der Waals surface area contributed by atoms with Crippen molar-refractivity contribution in [1.82, 2.24) is 20.1 Å². The zero-order valence-corrected chi connectivity index (χ0v) is 14.3. The van der Waals surface area contributed by atoms with E-state index in [-0.39, 0.29) is 12.2 Å². The van der Waals surface area contributed by atoms with Gasteiger partial charge in [-0.2, -0.15) is 0 Å². The second-order valence-electron chi connectivity index (χ2n) is 6.18. The average molecular weight is 354 g/mol. The molecular weight excluding hydrogens is 336 g/mol. The molecule has 1 saturated heterocycles. The summed E-state index contributed by atoms with van der Waals surface area (Å²) in [6.45, 7) is 1.47. The molecule has 4 rings (SSSR count). The topological polar surface area (TPSA) is 100 Å². The predicted molar refractivity (Wildman–Crippen MR) is 91.2 cm³/mol. The van der Waals surface area contributed by atoms with Crippen molar-refractivity contribution in [3.8, 4) is 5.88 Å². The number of ketones is 1. The first-order valence-electron chi connectivity index (χ1n) is 8.45. The molecule has 0 bridgehead atoms. The lowest BCUT2D eigenvalue weighted by Crippen LogP contribution is -2.15. The van der Waals surface area contributed by atoms with E-state index in [9.17, 15) is 4.79 Å². The number of carbonyl (C=O) groups excluding carboxylic acids is 1. The minimum atomic E-state index is -0.132. The summed E-state index contributed by atoms with van der Waals surface area (Å²) in [5.41, 5.74) is 3.35. The molecule has 26 heavy (non-hydrogen) atoms. The molecular formula is C18H18N4O4. The number of nitrogens with zero attached hydrogens (tertiary/aromatic N) is 4. The van der Waals surface area contributed by atoms with Gasteiger partial charge in [-0.1, -0.05) is 5.16 Å². The highest BCUT2D eigenvalue weighted by molar-refractivity contribution is 5.96. The van der Waals surface area contributed by atoms with Gasteiger partial charge < -0.3 is 14.0 Å². The molecule has 3 aromatic heterocycles. The third-order valence-corrected chi connectivity index (χ3v) is 4.57. The Hall–Kier alpha value is -2.87. The molecule has 1 aliphatic heterocycles. The number of Topliss-reactive ketones (excluding diaryl/α,β-unsaturated/α-hetero) is 1. The van der Waals surface area contributed by atoms with Gasteiger partial charge >= 0.3 is 0 Å². The lowest BCUT2D eigenvalue weighted by molar-refractivity contribution is 0.0855. The van der Waals surface area contributed by atoms with Gasteiger partial charge in [0.15, 0.2) is 11.3 Å². The molecule has 0 unspecified atom stereocenters. The van der Waals surface area contributed by atoms with E-state index >= 15 is 0 Å². The van der Waals surface area contributed by atoms with Crippen LogP contribution in [-0.2, 0) is 11.2 Å². The molecule has 0 atom stereocenters. The number of aromatic nitrogens is 4. The van der Waals surface area contributed by atoms with Crippen LogP contribution in [0.2, 0.25) is 0 Å². The summed E-state index contributed by atoms with van der Waals surface area (Å²) in [6.07, 6.45) is 8.13. The minimum absolute atomic E-state index is 0.106. The van der Waals surface area contributed by atoms with Gasteiger partial charge in [0, 0.05) is 31.2 Å². The van der Waals surface area contributed by atoms with Crippen LogP contribution in [0.3, 0.4) is 0 Å². The van der Waals surface area contributed by atoms with Crippen LogP contribution in [0.15, 0.2) is 29.4 Å². The Labute approximate surface area is 149 Å². The average Bonchev–Trinajstić information content (AvgIpc) is 3.23. The van der Waals surface area contributed by atoms with E-state index in [1.807, 2.05) is 6.20 Å². The molecule has 3 aromatic rings. The number of fused-ring (bicyclic) bond motifs is 1. The van der Waals surface area contributed by atoms with Gasteiger partial charge in [-0.25, -0.2) is 9.97 Å². The number of hydrogen-bond acceptors (Lipinski definition) is 8. The molecule has 0 aromatic carbocycles. The standard InChI is InChI=1S/C18H18N4O4/c1-24-18-17-16(14(9-20-18)11-2-4-25-5-3-11)19-8-13(22-17)6-15(23)12-7-21-26-10-12/h7-11H,2-6H2,1H3. The van der Waals surface area contributed by atoms with Crippen LogP contribution in [-0.4, -0.2) is 46.2 Å². The largest absolute Gasteiger partial charge is 0.479 e. The summed E-state index contributed by atoms with van der Waals surface area (Å²) in [7, 11) is 1.55. The molecule has 8 heteroatoms. The lowest BCUT2D eigenvalue weighted by Gasteiger charge is -2.23. The van der Waals surface area contributed by atoms with Crippen LogP contribution in [0.1, 0.15) is 40.4 Å². The van der Waals surface area contributed by atoms with Crippen LogP contribution >= 0.6 is 0 Å². The first-order valence-corrected chi connectivity index (χ1v) is 8.45. The summed E-state index contributed by atoms with van der Waals surface area (Å²) < 4.78 is 15.5. The predicted octanol–water partition coefficient (Wildman–Crippen LogP) is 2.34. The van der Waals surface area contributed by atoms with Crippen molar-refractivity contribution in [2.24, 2.45) is 0 Å². The van der Waals surface area contributed by atoms with E-state index in [1.165, 1.54) is 12.5 Å². The van der Waals surface area contributed by atoms with E-state index in [2.05, 4.69) is 20.1 Å². The van der Waals surface area contributed by atoms with Gasteiger partial charge in [0.1, 0.15) is 6.26 Å². The maximum Gasteiger partial charge on any atom is 0.241 e. The smallest absolute Gasteiger partial charge is 0.241 e. The van der Waals surface area contributed by atoms with Crippen LogP contribution in [0, 0.1) is 0 Å². The second kappa shape index (κ2) is 7.17. The molecule has 0 aliphatic carbocycles. The van der Waals surface area contributed by atoms with E-state index in [0.717, 1.165) is 37.1 Å². The van der Waals surface area contributed by atoms with Crippen molar-refractivity contribution in [2.45, 2.75) is 25.2 Å². The Balaban J connectivity index is 1.70. The zero-order chi connectivity index (χ0) is 17.9. The fraction of sp³-hybridized carbons (Fsp3) is 0.389. The highest BCUT2D eigenvalue weighted by atomic mass is 16.5. The van der Waals surface area contributed by atoms with Gasteiger partial charge in [-0.3, -0.25) is 9.78 Å². The summed E-state index contributed by atoms with van der Waals surface area (Å²) in [5.74, 6) is 0.610. The Morgan fingerprint density at radius 3 is 2.77 bits per heavy atom. The fourth-order valence-corrected chi connectivity index (χ4v) is 3.19. The maximum absolute atomic E-state index is 12.3. The third-order valence-electron chi connectivity index (χ3n) is 4.57. The number of hydrogen-bond donors (Lipinski definition) is 0. The van der Waals surface area contributed by atoms with Gasteiger partial charge in [-0.15, -0.1) is 0 Å². The van der Waals surface area contributed by atoms with E-state index in [1.54, 1.807) is 13.3 Å². The zero-order valence-electron chi connectivity index (χ0n) is 14.3. The van der Waals surface area contributed by atoms with E-state index in [0.29, 0.717) is 28.6 Å². The molecule has 134 valence electrons. The van der Waals surface area contributed by atoms with Crippen molar-refractivity contribution >= 4 is 16.8 Å². The molecule has 8 nitrogen and oxygen atoms in total. The Morgan fingerprint density at radius 2 is 2.04 bits per heavy atom. The monoisotopic (exact) mass is 354 g/mol. The third kappa shape index (κ3) is 3.15. The Kier molecular flexibility index (Phi) is 4.57. The molecule has 0 spiro atoms. The van der Waals surface area contributed by atoms with Crippen molar-refractivity contribution in [1.29, 1.82) is 0 Å². The highest BCUT2D eigenvalue weighted by Crippen LogP contribution is 2.33. The van der Waals surface area contributed by atoms with Crippen molar-refractivity contribution in [3.63, 3.8) is 0 Å². The number of pyridine rings is 1. The van der Waals surface area contributed by atoms with Crippen LogP contribution in [0.25, 0.3) is 11.0 Å². The van der Waals surface area contributed by atoms with Crippen LogP contribution < -0.4 is 4.74 Å². The Bertz CT molecular complexity index is 920. The molecule has 0 radical (unpaired) electrons. The van der Waals surface area contributed by atoms with Crippen molar-refractivity contribution in [2.75, 3.05) is 20.3 Å². The molecule has 0 saturated carbocycles. The van der Waals surface area contributed by atoms with Crippen LogP contribution in [0.4, 0.5) is 0 Å². The summed E-state index contributed by atoms with van der Waals surface area (Å²) in [4.78, 5) is 25.8. The maximum atomic E-state index is 12.3. The quantitative estimate of drug-likeness (QED) is 0.644. The molecule has 0 amide bonds. The number of methoxy groups -OCH3 is 1. The Morgan fingerprint density at radius 1 is 1.19 bits per heavy atom. The first kappa shape index (κ1) is 16.6. The summed E-state index contributed by atoms with van der Waals surface area (Å²) >= 11 is 0. The molecule has 1 fully saturated rings. The van der Waals surface area contributed by atoms with E-state index < -0.39 is 0 Å². The van der Waals surface area contributed by atoms with Gasteiger partial charge in [0.25, 0.3) is 0 Å². The SMILES string of the molecule is COc1ncc(C2CCOCC2)c2ncc(CC(=O)c3cnoc3)nc12. The first-order chi connectivity index (χ1) is 12.8. The number of rotatable bonds is 5. The summed E-state index contributed by atoms with van der Waals surface area (Å²) in [5, 5.41) is 3.55. The fourth-order valence-electron chi connectivity index (χ4n) is 3.19. The minimum Gasteiger partial charge on any atom is -0.479 e.